The van der Waals surface area contributed by atoms with E-state index in [9.17, 15) is 0 Å². The molecule has 1 saturated heterocycles. The summed E-state index contributed by atoms with van der Waals surface area (Å²) in [6, 6.07) is 19.6. The maximum absolute atomic E-state index is 6.14. The molecule has 0 radical (unpaired) electrons. The molecule has 1 atom stereocenters. The molecule has 0 aliphatic carbocycles. The van der Waals surface area contributed by atoms with Crippen molar-refractivity contribution in [3.8, 4) is 11.5 Å². The molecular formula is C29H36N2O3. The lowest BCUT2D eigenvalue weighted by molar-refractivity contribution is 0.0873. The van der Waals surface area contributed by atoms with Gasteiger partial charge in [0, 0.05) is 50.8 Å². The zero-order valence-electron chi connectivity index (χ0n) is 20.5. The second-order valence-electron chi connectivity index (χ2n) is 9.67. The van der Waals surface area contributed by atoms with Crippen molar-refractivity contribution in [2.24, 2.45) is 5.92 Å². The Balaban J connectivity index is 1.31. The summed E-state index contributed by atoms with van der Waals surface area (Å²) in [5.74, 6) is 2.61. The zero-order chi connectivity index (χ0) is 23.3. The number of benzene rings is 3. The van der Waals surface area contributed by atoms with Gasteiger partial charge in [0.2, 0.25) is 0 Å². The van der Waals surface area contributed by atoms with Gasteiger partial charge < -0.3 is 14.2 Å². The van der Waals surface area contributed by atoms with E-state index in [1.54, 1.807) is 7.11 Å². The fraction of sp³-hybridized carbons (Fsp3) is 0.448. The number of fused-ring (bicyclic) bond motifs is 2. The van der Waals surface area contributed by atoms with E-state index in [2.05, 4.69) is 64.4 Å². The van der Waals surface area contributed by atoms with Gasteiger partial charge >= 0.3 is 0 Å². The maximum atomic E-state index is 6.14. The fourth-order valence-corrected chi connectivity index (χ4v) is 5.55. The van der Waals surface area contributed by atoms with Gasteiger partial charge in [-0.2, -0.15) is 0 Å². The Bertz CT molecular complexity index is 1110. The van der Waals surface area contributed by atoms with Crippen LogP contribution in [0.2, 0.25) is 0 Å². The quantitative estimate of drug-likeness (QED) is 0.490. The standard InChI is InChI=1S/C29H36N2O3/c1-32-21-23-6-5-13-30(18-23)17-22-9-11-28-25(16-22)20-31(14-15-34-28)19-24-10-12-29(33-2)27-8-4-3-7-26(24)27/h3-4,7-12,16,23H,5-6,13-15,17-21H2,1-2H3. The highest BCUT2D eigenvalue weighted by Crippen LogP contribution is 2.31. The lowest BCUT2D eigenvalue weighted by Crippen LogP contribution is -2.36. The van der Waals surface area contributed by atoms with Crippen LogP contribution < -0.4 is 9.47 Å². The molecule has 5 nitrogen and oxygen atoms in total. The van der Waals surface area contributed by atoms with Crippen molar-refractivity contribution in [3.05, 3.63) is 71.3 Å². The van der Waals surface area contributed by atoms with E-state index in [1.165, 1.54) is 46.8 Å². The minimum atomic E-state index is 0.651. The predicted molar refractivity (Wildman–Crippen MR) is 136 cm³/mol. The average molecular weight is 461 g/mol. The molecule has 0 saturated carbocycles. The Morgan fingerprint density at radius 1 is 0.941 bits per heavy atom. The normalized spacial score (nSPS) is 19.4. The molecule has 3 aromatic carbocycles. The molecule has 0 spiro atoms. The molecule has 0 N–H and O–H groups in total. The SMILES string of the molecule is COCC1CCCN(Cc2ccc3c(c2)CN(Cc2ccc(OC)c4ccccc24)CCO3)C1. The first-order valence-corrected chi connectivity index (χ1v) is 12.5. The highest BCUT2D eigenvalue weighted by atomic mass is 16.5. The molecule has 0 amide bonds. The van der Waals surface area contributed by atoms with Crippen molar-refractivity contribution in [1.29, 1.82) is 0 Å². The molecule has 0 aromatic heterocycles. The number of hydrogen-bond acceptors (Lipinski definition) is 5. The van der Waals surface area contributed by atoms with Gasteiger partial charge in [-0.15, -0.1) is 0 Å². The number of methoxy groups -OCH3 is 2. The van der Waals surface area contributed by atoms with Crippen LogP contribution in [-0.4, -0.2) is 56.9 Å². The number of rotatable bonds is 7. The summed E-state index contributed by atoms with van der Waals surface area (Å²) in [5.41, 5.74) is 3.99. The molecule has 34 heavy (non-hydrogen) atoms. The van der Waals surface area contributed by atoms with Crippen molar-refractivity contribution in [2.75, 3.05) is 47.1 Å². The minimum Gasteiger partial charge on any atom is -0.496 e. The van der Waals surface area contributed by atoms with Gasteiger partial charge in [-0.1, -0.05) is 36.4 Å². The summed E-state index contributed by atoms with van der Waals surface area (Å²) < 4.78 is 17.1. The average Bonchev–Trinajstić information content (AvgIpc) is 3.06. The molecule has 2 aliphatic rings. The van der Waals surface area contributed by atoms with Gasteiger partial charge in [0.15, 0.2) is 0 Å². The van der Waals surface area contributed by atoms with Crippen molar-refractivity contribution in [1.82, 2.24) is 9.80 Å². The highest BCUT2D eigenvalue weighted by Gasteiger charge is 2.21. The van der Waals surface area contributed by atoms with Crippen LogP contribution in [0.15, 0.2) is 54.6 Å². The molecular weight excluding hydrogens is 424 g/mol. The smallest absolute Gasteiger partial charge is 0.126 e. The summed E-state index contributed by atoms with van der Waals surface area (Å²) in [4.78, 5) is 5.08. The summed E-state index contributed by atoms with van der Waals surface area (Å²) in [7, 11) is 3.55. The number of nitrogens with zero attached hydrogens (tertiary/aromatic N) is 2. The number of likely N-dealkylation sites (tertiary alicyclic amines) is 1. The molecule has 3 aromatic rings. The van der Waals surface area contributed by atoms with Gasteiger partial charge in [0.1, 0.15) is 18.1 Å². The van der Waals surface area contributed by atoms with Crippen molar-refractivity contribution in [2.45, 2.75) is 32.5 Å². The van der Waals surface area contributed by atoms with Gasteiger partial charge in [-0.3, -0.25) is 9.80 Å². The lowest BCUT2D eigenvalue weighted by Gasteiger charge is -2.32. The summed E-state index contributed by atoms with van der Waals surface area (Å²) in [6.45, 7) is 7.57. The second-order valence-corrected chi connectivity index (χ2v) is 9.67. The summed E-state index contributed by atoms with van der Waals surface area (Å²) in [6.07, 6.45) is 2.53. The van der Waals surface area contributed by atoms with Crippen molar-refractivity contribution >= 4 is 10.8 Å². The van der Waals surface area contributed by atoms with E-state index in [1.807, 2.05) is 7.11 Å². The van der Waals surface area contributed by atoms with Gasteiger partial charge in [0.05, 0.1) is 13.7 Å². The van der Waals surface area contributed by atoms with Crippen molar-refractivity contribution in [3.63, 3.8) is 0 Å². The fourth-order valence-electron chi connectivity index (χ4n) is 5.55. The highest BCUT2D eigenvalue weighted by molar-refractivity contribution is 5.91. The Labute approximate surface area is 203 Å². The van der Waals surface area contributed by atoms with Crippen LogP contribution in [0.3, 0.4) is 0 Å². The number of piperidine rings is 1. The van der Waals surface area contributed by atoms with E-state index in [0.717, 1.165) is 50.8 Å². The third kappa shape index (κ3) is 5.22. The Kier molecular flexibility index (Phi) is 7.33. The lowest BCUT2D eigenvalue weighted by atomic mass is 9.98. The molecule has 5 heteroatoms. The first kappa shape index (κ1) is 23.2. The number of ether oxygens (including phenoxy) is 3. The van der Waals surface area contributed by atoms with E-state index >= 15 is 0 Å². The molecule has 5 rings (SSSR count). The van der Waals surface area contributed by atoms with E-state index in [0.29, 0.717) is 12.5 Å². The molecule has 1 fully saturated rings. The molecule has 180 valence electrons. The largest absolute Gasteiger partial charge is 0.496 e. The summed E-state index contributed by atoms with van der Waals surface area (Å²) in [5, 5.41) is 2.43. The Morgan fingerprint density at radius 3 is 2.68 bits per heavy atom. The Hall–Kier alpha value is -2.60. The predicted octanol–water partition coefficient (Wildman–Crippen LogP) is 5.10. The molecule has 1 unspecified atom stereocenters. The summed E-state index contributed by atoms with van der Waals surface area (Å²) >= 11 is 0. The van der Waals surface area contributed by atoms with Gasteiger partial charge in [-0.25, -0.2) is 0 Å². The van der Waals surface area contributed by atoms with Gasteiger partial charge in [0.25, 0.3) is 0 Å². The third-order valence-electron chi connectivity index (χ3n) is 7.18. The minimum absolute atomic E-state index is 0.651. The molecule has 2 aliphatic heterocycles. The van der Waals surface area contributed by atoms with Crippen LogP contribution in [0.4, 0.5) is 0 Å². The third-order valence-corrected chi connectivity index (χ3v) is 7.18. The Morgan fingerprint density at radius 2 is 1.82 bits per heavy atom. The van der Waals surface area contributed by atoms with E-state index in [4.69, 9.17) is 14.2 Å². The molecule has 2 heterocycles. The first-order valence-electron chi connectivity index (χ1n) is 12.5. The van der Waals surface area contributed by atoms with Crippen molar-refractivity contribution < 1.29 is 14.2 Å². The zero-order valence-corrected chi connectivity index (χ0v) is 20.5. The molecule has 0 bridgehead atoms. The van der Waals surface area contributed by atoms with Crippen LogP contribution in [0.5, 0.6) is 11.5 Å². The van der Waals surface area contributed by atoms with Crippen LogP contribution in [0, 0.1) is 5.92 Å². The van der Waals surface area contributed by atoms with Crippen LogP contribution in [-0.2, 0) is 24.4 Å². The van der Waals surface area contributed by atoms with Crippen LogP contribution >= 0.6 is 0 Å². The van der Waals surface area contributed by atoms with Gasteiger partial charge in [-0.05, 0) is 60.0 Å². The van der Waals surface area contributed by atoms with E-state index in [-0.39, 0.29) is 0 Å². The van der Waals surface area contributed by atoms with Crippen LogP contribution in [0.25, 0.3) is 10.8 Å². The topological polar surface area (TPSA) is 34.2 Å². The second kappa shape index (κ2) is 10.8. The number of hydrogen-bond donors (Lipinski definition) is 0. The first-order chi connectivity index (χ1) is 16.7. The van der Waals surface area contributed by atoms with E-state index < -0.39 is 0 Å². The maximum Gasteiger partial charge on any atom is 0.126 e. The monoisotopic (exact) mass is 460 g/mol. The van der Waals surface area contributed by atoms with Crippen LogP contribution in [0.1, 0.15) is 29.5 Å².